The topological polar surface area (TPSA) is 78.9 Å². The minimum atomic E-state index is -1.31. The fourth-order valence-corrected chi connectivity index (χ4v) is 2.30. The molecule has 0 bridgehead atoms. The molecule has 0 saturated carbocycles. The summed E-state index contributed by atoms with van der Waals surface area (Å²) in [7, 11) is 1.65. The Bertz CT molecular complexity index is 538. The Morgan fingerprint density at radius 1 is 1.43 bits per heavy atom. The second-order valence-electron chi connectivity index (χ2n) is 5.40. The molecule has 0 radical (unpaired) electrons. The second kappa shape index (κ2) is 6.13. The molecule has 1 saturated heterocycles. The van der Waals surface area contributed by atoms with Gasteiger partial charge in [-0.15, -0.1) is 0 Å². The molecule has 1 fully saturated rings. The van der Waals surface area contributed by atoms with Crippen LogP contribution in [-0.2, 0) is 16.1 Å². The van der Waals surface area contributed by atoms with E-state index in [1.54, 1.807) is 7.05 Å². The van der Waals surface area contributed by atoms with Gasteiger partial charge in [0.25, 0.3) is 0 Å². The van der Waals surface area contributed by atoms with E-state index < -0.39 is 17.5 Å². The van der Waals surface area contributed by atoms with Crippen LogP contribution in [0.25, 0.3) is 0 Å². The summed E-state index contributed by atoms with van der Waals surface area (Å²) in [5.41, 5.74) is 0.813. The van der Waals surface area contributed by atoms with E-state index in [0.29, 0.717) is 13.2 Å². The van der Waals surface area contributed by atoms with E-state index in [4.69, 9.17) is 4.74 Å². The van der Waals surface area contributed by atoms with Gasteiger partial charge in [-0.25, -0.2) is 9.59 Å². The molecule has 6 heteroatoms. The molecule has 1 atom stereocenters. The van der Waals surface area contributed by atoms with Crippen molar-refractivity contribution in [2.24, 2.45) is 0 Å². The number of ether oxygens (including phenoxy) is 1. The number of benzene rings is 1. The molecule has 21 heavy (non-hydrogen) atoms. The summed E-state index contributed by atoms with van der Waals surface area (Å²) in [5.74, 6) is -1.06. The van der Waals surface area contributed by atoms with Gasteiger partial charge in [-0.2, -0.15) is 0 Å². The zero-order valence-corrected chi connectivity index (χ0v) is 12.3. The Hall–Kier alpha value is -2.08. The number of hydrogen-bond acceptors (Lipinski definition) is 3. The Kier molecular flexibility index (Phi) is 4.47. The van der Waals surface area contributed by atoms with Crippen molar-refractivity contribution in [2.75, 3.05) is 20.3 Å². The first kappa shape index (κ1) is 15.3. The highest BCUT2D eigenvalue weighted by molar-refractivity contribution is 5.86. The molecule has 1 aromatic rings. The van der Waals surface area contributed by atoms with Crippen LogP contribution in [0.3, 0.4) is 0 Å². The highest BCUT2D eigenvalue weighted by Crippen LogP contribution is 2.19. The van der Waals surface area contributed by atoms with Crippen molar-refractivity contribution >= 4 is 12.0 Å². The molecular weight excluding hydrogens is 272 g/mol. The molecule has 1 aromatic carbocycles. The lowest BCUT2D eigenvalue weighted by Crippen LogP contribution is -2.57. The maximum absolute atomic E-state index is 12.2. The van der Waals surface area contributed by atoms with E-state index in [1.807, 2.05) is 31.2 Å². The fourth-order valence-electron chi connectivity index (χ4n) is 2.30. The highest BCUT2D eigenvalue weighted by Gasteiger charge is 2.44. The molecule has 1 heterocycles. The van der Waals surface area contributed by atoms with Crippen molar-refractivity contribution < 1.29 is 19.4 Å². The van der Waals surface area contributed by atoms with E-state index in [9.17, 15) is 14.7 Å². The predicted octanol–water partition coefficient (Wildman–Crippen LogP) is 1.38. The molecule has 1 aliphatic rings. The molecule has 0 aromatic heterocycles. The van der Waals surface area contributed by atoms with Crippen molar-refractivity contribution in [2.45, 2.75) is 25.4 Å². The third-order valence-electron chi connectivity index (χ3n) is 3.79. The number of nitrogens with one attached hydrogen (secondary N) is 1. The molecule has 0 spiro atoms. The first-order chi connectivity index (χ1) is 9.94. The number of carboxylic acid groups (broad SMARTS) is 1. The summed E-state index contributed by atoms with van der Waals surface area (Å²) in [6, 6.07) is 7.37. The molecule has 2 N–H and O–H groups in total. The van der Waals surface area contributed by atoms with Crippen LogP contribution in [0.2, 0.25) is 0 Å². The normalized spacial score (nSPS) is 21.0. The van der Waals surface area contributed by atoms with Crippen molar-refractivity contribution in [1.29, 1.82) is 0 Å². The van der Waals surface area contributed by atoms with E-state index in [0.717, 1.165) is 11.1 Å². The van der Waals surface area contributed by atoms with Crippen LogP contribution in [0.1, 0.15) is 17.5 Å². The molecule has 1 unspecified atom stereocenters. The van der Waals surface area contributed by atoms with Crippen LogP contribution in [0.15, 0.2) is 24.3 Å². The first-order valence-electron chi connectivity index (χ1n) is 6.83. The zero-order chi connectivity index (χ0) is 15.5. The minimum Gasteiger partial charge on any atom is -0.479 e. The standard InChI is InChI=1S/C15H20N2O4/c1-11-5-3-4-6-12(11)9-17(2)14(20)16-15(13(18)19)7-8-21-10-15/h3-6H,7-10H2,1-2H3,(H,16,20)(H,18,19). The summed E-state index contributed by atoms with van der Waals surface area (Å²) >= 11 is 0. The monoisotopic (exact) mass is 292 g/mol. The Morgan fingerprint density at radius 3 is 2.71 bits per heavy atom. The number of nitrogens with zero attached hydrogens (tertiary/aromatic N) is 1. The summed E-state index contributed by atoms with van der Waals surface area (Å²) < 4.78 is 5.13. The fraction of sp³-hybridized carbons (Fsp3) is 0.467. The van der Waals surface area contributed by atoms with Crippen molar-refractivity contribution in [3.8, 4) is 0 Å². The molecule has 114 valence electrons. The third-order valence-corrected chi connectivity index (χ3v) is 3.79. The van der Waals surface area contributed by atoms with Gasteiger partial charge < -0.3 is 20.1 Å². The summed E-state index contributed by atoms with van der Waals surface area (Å²) in [5, 5.41) is 11.9. The van der Waals surface area contributed by atoms with Crippen molar-refractivity contribution in [3.05, 3.63) is 35.4 Å². The number of carbonyl (C=O) groups excluding carboxylic acids is 1. The number of aliphatic carboxylic acids is 1. The van der Waals surface area contributed by atoms with E-state index in [2.05, 4.69) is 5.32 Å². The average Bonchev–Trinajstić information content (AvgIpc) is 2.91. The Morgan fingerprint density at radius 2 is 2.14 bits per heavy atom. The summed E-state index contributed by atoms with van der Waals surface area (Å²) in [6.45, 7) is 2.75. The number of rotatable bonds is 4. The number of carboxylic acids is 1. The predicted molar refractivity (Wildman–Crippen MR) is 77.0 cm³/mol. The molecule has 1 aliphatic heterocycles. The van der Waals surface area contributed by atoms with Gasteiger partial charge in [-0.05, 0) is 18.1 Å². The van der Waals surface area contributed by atoms with Gasteiger partial charge in [0.2, 0.25) is 0 Å². The lowest BCUT2D eigenvalue weighted by atomic mass is 9.99. The van der Waals surface area contributed by atoms with E-state index in [1.165, 1.54) is 4.90 Å². The molecule has 0 aliphatic carbocycles. The smallest absolute Gasteiger partial charge is 0.332 e. The van der Waals surface area contributed by atoms with Crippen LogP contribution >= 0.6 is 0 Å². The van der Waals surface area contributed by atoms with Crippen LogP contribution in [0, 0.1) is 6.92 Å². The van der Waals surface area contributed by atoms with Crippen LogP contribution in [-0.4, -0.2) is 47.8 Å². The zero-order valence-electron chi connectivity index (χ0n) is 12.3. The quantitative estimate of drug-likeness (QED) is 0.878. The number of amides is 2. The minimum absolute atomic E-state index is 0.00623. The maximum Gasteiger partial charge on any atom is 0.332 e. The lowest BCUT2D eigenvalue weighted by Gasteiger charge is -2.27. The first-order valence-corrected chi connectivity index (χ1v) is 6.83. The van der Waals surface area contributed by atoms with Crippen LogP contribution < -0.4 is 5.32 Å². The number of aryl methyl sites for hydroxylation is 1. The molecule has 2 amide bonds. The number of carbonyl (C=O) groups is 2. The third kappa shape index (κ3) is 3.33. The molecular formula is C15H20N2O4. The summed E-state index contributed by atoms with van der Waals surface area (Å²) in [6.07, 6.45) is 0.284. The molecule has 2 rings (SSSR count). The van der Waals surface area contributed by atoms with Gasteiger partial charge in [0.1, 0.15) is 0 Å². The largest absolute Gasteiger partial charge is 0.479 e. The van der Waals surface area contributed by atoms with Crippen LogP contribution in [0.5, 0.6) is 0 Å². The number of urea groups is 1. The van der Waals surface area contributed by atoms with Gasteiger partial charge in [0.05, 0.1) is 6.61 Å². The average molecular weight is 292 g/mol. The van der Waals surface area contributed by atoms with Crippen molar-refractivity contribution in [3.63, 3.8) is 0 Å². The van der Waals surface area contributed by atoms with Gasteiger partial charge >= 0.3 is 12.0 Å². The SMILES string of the molecule is Cc1ccccc1CN(C)C(=O)NC1(C(=O)O)CCOC1. The van der Waals surface area contributed by atoms with Gasteiger partial charge in [-0.1, -0.05) is 24.3 Å². The van der Waals surface area contributed by atoms with Gasteiger partial charge in [0, 0.05) is 26.6 Å². The van der Waals surface area contributed by atoms with E-state index >= 15 is 0 Å². The van der Waals surface area contributed by atoms with Gasteiger partial charge in [-0.3, -0.25) is 0 Å². The lowest BCUT2D eigenvalue weighted by molar-refractivity contribution is -0.144. The Balaban J connectivity index is 2.03. The summed E-state index contributed by atoms with van der Waals surface area (Å²) in [4.78, 5) is 25.1. The molecule has 6 nitrogen and oxygen atoms in total. The Labute approximate surface area is 123 Å². The van der Waals surface area contributed by atoms with Crippen molar-refractivity contribution in [1.82, 2.24) is 10.2 Å². The van der Waals surface area contributed by atoms with E-state index in [-0.39, 0.29) is 13.0 Å². The highest BCUT2D eigenvalue weighted by atomic mass is 16.5. The van der Waals surface area contributed by atoms with Crippen LogP contribution in [0.4, 0.5) is 4.79 Å². The number of hydrogen-bond donors (Lipinski definition) is 2. The van der Waals surface area contributed by atoms with Gasteiger partial charge in [0.15, 0.2) is 5.54 Å². The second-order valence-corrected chi connectivity index (χ2v) is 5.40. The maximum atomic E-state index is 12.2.